The number of nitrogens with one attached hydrogen (secondary N) is 1. The molecule has 0 spiro atoms. The van der Waals surface area contributed by atoms with Crippen molar-refractivity contribution in [2.75, 3.05) is 26.2 Å². The number of hydrogen-bond acceptors (Lipinski definition) is 4. The van der Waals surface area contributed by atoms with Gasteiger partial charge in [-0.2, -0.15) is 0 Å². The first-order valence-corrected chi connectivity index (χ1v) is 10.5. The summed E-state index contributed by atoms with van der Waals surface area (Å²) in [5.74, 6) is 0.358. The second-order valence-electron chi connectivity index (χ2n) is 7.76. The fourth-order valence-corrected chi connectivity index (χ4v) is 4.77. The molecule has 0 aromatic heterocycles. The van der Waals surface area contributed by atoms with Gasteiger partial charge in [0.2, 0.25) is 0 Å². The number of rotatable bonds is 5. The van der Waals surface area contributed by atoms with Crippen molar-refractivity contribution in [3.8, 4) is 5.75 Å². The van der Waals surface area contributed by atoms with Crippen molar-refractivity contribution in [1.29, 1.82) is 0 Å². The molecule has 1 saturated heterocycles. The molecule has 2 aromatic carbocycles. The lowest BCUT2D eigenvalue weighted by Crippen LogP contribution is -2.59. The highest BCUT2D eigenvalue weighted by atomic mass is 35.5. The van der Waals surface area contributed by atoms with Gasteiger partial charge in [-0.3, -0.25) is 10.1 Å². The molecular formula is C22H24Cl2N2O2. The van der Waals surface area contributed by atoms with Crippen LogP contribution in [0.15, 0.2) is 36.4 Å². The summed E-state index contributed by atoms with van der Waals surface area (Å²) in [5, 5.41) is 14.4. The fourth-order valence-electron chi connectivity index (χ4n) is 4.45. The summed E-state index contributed by atoms with van der Waals surface area (Å²) < 4.78 is 0. The summed E-state index contributed by atoms with van der Waals surface area (Å²) in [7, 11) is 0. The minimum Gasteiger partial charge on any atom is -0.508 e. The second kappa shape index (κ2) is 8.03. The van der Waals surface area contributed by atoms with Crippen LogP contribution in [-0.4, -0.2) is 42.0 Å². The van der Waals surface area contributed by atoms with Crippen LogP contribution in [0, 0.1) is 0 Å². The Morgan fingerprint density at radius 3 is 2.64 bits per heavy atom. The summed E-state index contributed by atoms with van der Waals surface area (Å²) in [6.07, 6.45) is 3.41. The van der Waals surface area contributed by atoms with E-state index in [1.807, 2.05) is 12.1 Å². The van der Waals surface area contributed by atoms with E-state index < -0.39 is 5.54 Å². The van der Waals surface area contributed by atoms with E-state index in [1.54, 1.807) is 24.3 Å². The van der Waals surface area contributed by atoms with Crippen LogP contribution in [0.3, 0.4) is 0 Å². The number of phenolic OH excluding ortho intramolecular Hbond substituents is 1. The fraction of sp³-hybridized carbons (Fsp3) is 0.409. The van der Waals surface area contributed by atoms with Crippen LogP contribution in [0.4, 0.5) is 0 Å². The van der Waals surface area contributed by atoms with Gasteiger partial charge >= 0.3 is 0 Å². The van der Waals surface area contributed by atoms with E-state index in [2.05, 4.69) is 10.2 Å². The largest absolute Gasteiger partial charge is 0.508 e. The Morgan fingerprint density at radius 2 is 1.89 bits per heavy atom. The summed E-state index contributed by atoms with van der Waals surface area (Å²) in [4.78, 5) is 16.1. The Hall–Kier alpha value is -1.59. The molecule has 0 aliphatic carbocycles. The zero-order chi connectivity index (χ0) is 19.7. The number of halogens is 2. The van der Waals surface area contributed by atoms with E-state index in [9.17, 15) is 9.90 Å². The van der Waals surface area contributed by atoms with Gasteiger partial charge in [-0.05, 0) is 73.3 Å². The lowest BCUT2D eigenvalue weighted by atomic mass is 9.77. The molecule has 2 N–H and O–H groups in total. The SMILES string of the molecule is O=C(Cc1ccc(Cl)c(Cl)c1)C1(CN2CCCC2)NCCc2cc(O)ccc21. The maximum atomic E-state index is 13.7. The van der Waals surface area contributed by atoms with Crippen molar-refractivity contribution < 1.29 is 9.90 Å². The van der Waals surface area contributed by atoms with E-state index in [0.29, 0.717) is 23.1 Å². The molecule has 1 atom stereocenters. The Kier molecular flexibility index (Phi) is 5.66. The summed E-state index contributed by atoms with van der Waals surface area (Å²) >= 11 is 12.2. The van der Waals surface area contributed by atoms with Gasteiger partial charge in [-0.25, -0.2) is 0 Å². The topological polar surface area (TPSA) is 52.6 Å². The molecule has 0 amide bonds. The van der Waals surface area contributed by atoms with Crippen LogP contribution in [0.5, 0.6) is 5.75 Å². The molecule has 4 rings (SSSR count). The molecule has 6 heteroatoms. The van der Waals surface area contributed by atoms with E-state index in [0.717, 1.165) is 36.2 Å². The van der Waals surface area contributed by atoms with Crippen molar-refractivity contribution in [3.05, 3.63) is 63.1 Å². The quantitative estimate of drug-likeness (QED) is 0.771. The molecule has 148 valence electrons. The normalized spacial score (nSPS) is 22.2. The van der Waals surface area contributed by atoms with Crippen molar-refractivity contribution >= 4 is 29.0 Å². The highest BCUT2D eigenvalue weighted by molar-refractivity contribution is 6.42. The molecule has 4 nitrogen and oxygen atoms in total. The summed E-state index contributed by atoms with van der Waals surface area (Å²) in [6, 6.07) is 10.7. The first kappa shape index (κ1) is 19.7. The number of nitrogens with zero attached hydrogens (tertiary/aromatic N) is 1. The molecule has 1 unspecified atom stereocenters. The average Bonchev–Trinajstić information content (AvgIpc) is 3.17. The smallest absolute Gasteiger partial charge is 0.163 e. The molecule has 28 heavy (non-hydrogen) atoms. The molecule has 0 radical (unpaired) electrons. The van der Waals surface area contributed by atoms with Crippen LogP contribution in [0.2, 0.25) is 10.0 Å². The molecule has 0 bridgehead atoms. The number of likely N-dealkylation sites (tertiary alicyclic amines) is 1. The maximum absolute atomic E-state index is 13.7. The molecule has 2 aromatic rings. The predicted molar refractivity (Wildman–Crippen MR) is 112 cm³/mol. The number of hydrogen-bond donors (Lipinski definition) is 2. The molecule has 2 aliphatic heterocycles. The summed E-state index contributed by atoms with van der Waals surface area (Å²) in [6.45, 7) is 3.37. The van der Waals surface area contributed by atoms with Gasteiger partial charge < -0.3 is 10.0 Å². The van der Waals surface area contributed by atoms with Gasteiger partial charge in [0.25, 0.3) is 0 Å². The van der Waals surface area contributed by atoms with Gasteiger partial charge in [0.1, 0.15) is 11.3 Å². The number of Topliss-reactive ketones (excluding diaryl/α,β-unsaturated/α-hetero) is 1. The summed E-state index contributed by atoms with van der Waals surface area (Å²) in [5.41, 5.74) is 2.10. The van der Waals surface area contributed by atoms with Gasteiger partial charge in [0, 0.05) is 19.5 Å². The maximum Gasteiger partial charge on any atom is 0.163 e. The number of benzene rings is 2. The Balaban J connectivity index is 1.71. The third-order valence-corrected chi connectivity index (χ3v) is 6.59. The van der Waals surface area contributed by atoms with Crippen molar-refractivity contribution in [1.82, 2.24) is 10.2 Å². The van der Waals surface area contributed by atoms with Crippen molar-refractivity contribution in [2.24, 2.45) is 0 Å². The van der Waals surface area contributed by atoms with E-state index >= 15 is 0 Å². The average molecular weight is 419 g/mol. The second-order valence-corrected chi connectivity index (χ2v) is 8.57. The third-order valence-electron chi connectivity index (χ3n) is 5.85. The Bertz CT molecular complexity index is 896. The number of fused-ring (bicyclic) bond motifs is 1. The minimum atomic E-state index is -0.780. The van der Waals surface area contributed by atoms with E-state index in [4.69, 9.17) is 23.2 Å². The minimum absolute atomic E-state index is 0.115. The van der Waals surface area contributed by atoms with Crippen LogP contribution >= 0.6 is 23.2 Å². The highest BCUT2D eigenvalue weighted by Gasteiger charge is 2.44. The first-order valence-electron chi connectivity index (χ1n) is 9.75. The van der Waals surface area contributed by atoms with Gasteiger partial charge in [-0.1, -0.05) is 35.3 Å². The monoisotopic (exact) mass is 418 g/mol. The Labute approximate surface area is 175 Å². The lowest BCUT2D eigenvalue weighted by Gasteiger charge is -2.41. The molecule has 1 fully saturated rings. The zero-order valence-electron chi connectivity index (χ0n) is 15.7. The zero-order valence-corrected chi connectivity index (χ0v) is 17.2. The van der Waals surface area contributed by atoms with Gasteiger partial charge in [0.15, 0.2) is 5.78 Å². The predicted octanol–water partition coefficient (Wildman–Crippen LogP) is 3.95. The Morgan fingerprint density at radius 1 is 1.11 bits per heavy atom. The molecule has 2 aliphatic rings. The van der Waals surface area contributed by atoms with E-state index in [1.165, 1.54) is 12.8 Å². The van der Waals surface area contributed by atoms with Crippen molar-refractivity contribution in [2.45, 2.75) is 31.2 Å². The number of phenols is 1. The van der Waals surface area contributed by atoms with Crippen LogP contribution in [0.25, 0.3) is 0 Å². The standard InChI is InChI=1S/C22H24Cl2N2O2/c23-19-6-3-15(11-20(19)24)12-21(28)22(14-26-9-1-2-10-26)18-5-4-17(27)13-16(18)7-8-25-22/h3-6,11,13,25,27H,1-2,7-10,12,14H2. The van der Waals surface area contributed by atoms with Crippen molar-refractivity contribution in [3.63, 3.8) is 0 Å². The number of ketones is 1. The lowest BCUT2D eigenvalue weighted by molar-refractivity contribution is -0.126. The number of carbonyl (C=O) groups excluding carboxylic acids is 1. The van der Waals surface area contributed by atoms with E-state index in [-0.39, 0.29) is 18.0 Å². The number of carbonyl (C=O) groups is 1. The van der Waals surface area contributed by atoms with Gasteiger partial charge in [-0.15, -0.1) is 0 Å². The first-order chi connectivity index (χ1) is 13.5. The molecule has 2 heterocycles. The van der Waals surface area contributed by atoms with Gasteiger partial charge in [0.05, 0.1) is 10.0 Å². The number of aromatic hydroxyl groups is 1. The molecule has 0 saturated carbocycles. The molecular weight excluding hydrogens is 395 g/mol. The third kappa shape index (κ3) is 3.79. The highest BCUT2D eigenvalue weighted by Crippen LogP contribution is 2.35. The van der Waals surface area contributed by atoms with Crippen LogP contribution in [-0.2, 0) is 23.2 Å². The van der Waals surface area contributed by atoms with Crippen LogP contribution < -0.4 is 5.32 Å². The van der Waals surface area contributed by atoms with Crippen LogP contribution in [0.1, 0.15) is 29.5 Å².